The largest absolute Gasteiger partial charge is 0.491 e. The van der Waals surface area contributed by atoms with Gasteiger partial charge in [-0.3, -0.25) is 4.79 Å². The van der Waals surface area contributed by atoms with Gasteiger partial charge in [-0.05, 0) is 48.4 Å². The van der Waals surface area contributed by atoms with Crippen LogP contribution in [0.15, 0.2) is 66.7 Å². The van der Waals surface area contributed by atoms with Crippen LogP contribution in [0.4, 0.5) is 11.4 Å². The van der Waals surface area contributed by atoms with E-state index in [1.54, 1.807) is 0 Å². The minimum atomic E-state index is -0.0983. The first-order valence-electron chi connectivity index (χ1n) is 8.93. The lowest BCUT2D eigenvalue weighted by Gasteiger charge is -2.14. The zero-order valence-electron chi connectivity index (χ0n) is 15.2. The van der Waals surface area contributed by atoms with E-state index in [1.165, 1.54) is 5.39 Å². The van der Waals surface area contributed by atoms with Crippen molar-refractivity contribution in [2.75, 3.05) is 17.2 Å². The molecule has 1 amide bonds. The van der Waals surface area contributed by atoms with Gasteiger partial charge < -0.3 is 15.4 Å². The number of fused-ring (bicyclic) bond motifs is 1. The molecule has 4 nitrogen and oxygen atoms in total. The number of benzene rings is 3. The minimum Gasteiger partial charge on any atom is -0.491 e. The first-order chi connectivity index (χ1) is 12.6. The smallest absolute Gasteiger partial charge is 0.243 e. The number of anilines is 2. The summed E-state index contributed by atoms with van der Waals surface area (Å²) in [6.07, 6.45) is 1.09. The van der Waals surface area contributed by atoms with Crippen molar-refractivity contribution in [2.24, 2.45) is 0 Å². The van der Waals surface area contributed by atoms with E-state index < -0.39 is 0 Å². The second-order valence-corrected chi connectivity index (χ2v) is 6.33. The van der Waals surface area contributed by atoms with Crippen LogP contribution in [-0.2, 0) is 4.79 Å². The molecule has 0 fully saturated rings. The van der Waals surface area contributed by atoms with E-state index in [4.69, 9.17) is 4.74 Å². The first kappa shape index (κ1) is 17.8. The van der Waals surface area contributed by atoms with E-state index in [-0.39, 0.29) is 18.6 Å². The standard InChI is InChI=1S/C22H24N2O2/c1-3-16(2)26-21-10-6-9-20(14-21)24-22(25)15-23-19-12-11-17-7-4-5-8-18(17)13-19/h4-14,16,23H,3,15H2,1-2H3,(H,24,25). The fourth-order valence-corrected chi connectivity index (χ4v) is 2.65. The van der Waals surface area contributed by atoms with Crippen molar-refractivity contribution in [3.63, 3.8) is 0 Å². The number of ether oxygens (including phenoxy) is 1. The first-order valence-corrected chi connectivity index (χ1v) is 8.93. The van der Waals surface area contributed by atoms with Crippen molar-refractivity contribution < 1.29 is 9.53 Å². The topological polar surface area (TPSA) is 50.4 Å². The maximum Gasteiger partial charge on any atom is 0.243 e. The summed E-state index contributed by atoms with van der Waals surface area (Å²) in [5.74, 6) is 0.665. The Balaban J connectivity index is 1.57. The average Bonchev–Trinajstić information content (AvgIpc) is 2.66. The van der Waals surface area contributed by atoms with Gasteiger partial charge in [0.25, 0.3) is 0 Å². The number of rotatable bonds is 7. The molecule has 3 aromatic rings. The predicted octanol–water partition coefficient (Wildman–Crippen LogP) is 5.07. The number of nitrogens with one attached hydrogen (secondary N) is 2. The number of hydrogen-bond acceptors (Lipinski definition) is 3. The Kier molecular flexibility index (Phi) is 5.74. The Morgan fingerprint density at radius 1 is 0.962 bits per heavy atom. The van der Waals surface area contributed by atoms with Crippen LogP contribution in [0.1, 0.15) is 20.3 Å². The summed E-state index contributed by atoms with van der Waals surface area (Å²) in [5.41, 5.74) is 1.66. The SMILES string of the molecule is CCC(C)Oc1cccc(NC(=O)CNc2ccc3ccccc3c2)c1. The Morgan fingerprint density at radius 2 is 1.77 bits per heavy atom. The molecule has 0 spiro atoms. The summed E-state index contributed by atoms with van der Waals surface area (Å²) < 4.78 is 5.79. The highest BCUT2D eigenvalue weighted by atomic mass is 16.5. The molecule has 3 aromatic carbocycles. The Bertz CT molecular complexity index is 892. The third-order valence-electron chi connectivity index (χ3n) is 4.23. The van der Waals surface area contributed by atoms with E-state index >= 15 is 0 Å². The van der Waals surface area contributed by atoms with Gasteiger partial charge in [-0.1, -0.05) is 43.3 Å². The van der Waals surface area contributed by atoms with Crippen LogP contribution in [0.3, 0.4) is 0 Å². The number of carbonyl (C=O) groups excluding carboxylic acids is 1. The average molecular weight is 348 g/mol. The van der Waals surface area contributed by atoms with E-state index in [1.807, 2.05) is 61.5 Å². The second-order valence-electron chi connectivity index (χ2n) is 6.33. The van der Waals surface area contributed by atoms with Gasteiger partial charge in [-0.15, -0.1) is 0 Å². The number of amides is 1. The van der Waals surface area contributed by atoms with Gasteiger partial charge in [0, 0.05) is 17.4 Å². The molecule has 0 aliphatic heterocycles. The summed E-state index contributed by atoms with van der Waals surface area (Å²) in [6, 6.07) is 21.7. The van der Waals surface area contributed by atoms with E-state index in [9.17, 15) is 4.79 Å². The lowest BCUT2D eigenvalue weighted by atomic mass is 10.1. The van der Waals surface area contributed by atoms with Crippen LogP contribution in [0.2, 0.25) is 0 Å². The molecule has 26 heavy (non-hydrogen) atoms. The zero-order chi connectivity index (χ0) is 18.4. The number of hydrogen-bond donors (Lipinski definition) is 2. The van der Waals surface area contributed by atoms with E-state index in [0.717, 1.165) is 28.9 Å². The molecule has 1 atom stereocenters. The summed E-state index contributed by atoms with van der Waals surface area (Å²) in [6.45, 7) is 4.31. The van der Waals surface area contributed by atoms with Crippen LogP contribution in [0, 0.1) is 0 Å². The van der Waals surface area contributed by atoms with Crippen LogP contribution in [0.25, 0.3) is 10.8 Å². The highest BCUT2D eigenvalue weighted by molar-refractivity contribution is 5.94. The lowest BCUT2D eigenvalue weighted by molar-refractivity contribution is -0.114. The maximum absolute atomic E-state index is 12.2. The van der Waals surface area contributed by atoms with Crippen LogP contribution >= 0.6 is 0 Å². The van der Waals surface area contributed by atoms with Gasteiger partial charge in [-0.2, -0.15) is 0 Å². The minimum absolute atomic E-state index is 0.0983. The maximum atomic E-state index is 12.2. The Morgan fingerprint density at radius 3 is 2.58 bits per heavy atom. The summed E-state index contributed by atoms with van der Waals surface area (Å²) in [7, 11) is 0. The molecule has 0 aromatic heterocycles. The van der Waals surface area contributed by atoms with Crippen LogP contribution in [0.5, 0.6) is 5.75 Å². The fraction of sp³-hybridized carbons (Fsp3) is 0.227. The Hall–Kier alpha value is -3.01. The molecular weight excluding hydrogens is 324 g/mol. The lowest BCUT2D eigenvalue weighted by Crippen LogP contribution is -2.21. The molecule has 3 rings (SSSR count). The summed E-state index contributed by atoms with van der Waals surface area (Å²) in [4.78, 5) is 12.2. The van der Waals surface area contributed by atoms with Gasteiger partial charge >= 0.3 is 0 Å². The molecule has 0 saturated heterocycles. The Labute approximate surface area is 154 Å². The van der Waals surface area contributed by atoms with Gasteiger partial charge in [0.2, 0.25) is 5.91 Å². The monoisotopic (exact) mass is 348 g/mol. The second kappa shape index (κ2) is 8.39. The highest BCUT2D eigenvalue weighted by Crippen LogP contribution is 2.20. The molecule has 134 valence electrons. The van der Waals surface area contributed by atoms with Crippen molar-refractivity contribution in [1.82, 2.24) is 0 Å². The van der Waals surface area contributed by atoms with Crippen molar-refractivity contribution in [2.45, 2.75) is 26.4 Å². The summed E-state index contributed by atoms with van der Waals surface area (Å²) in [5, 5.41) is 8.40. The molecule has 0 bridgehead atoms. The van der Waals surface area contributed by atoms with Crippen LogP contribution in [-0.4, -0.2) is 18.6 Å². The van der Waals surface area contributed by atoms with Gasteiger partial charge in [-0.25, -0.2) is 0 Å². The molecule has 0 saturated carbocycles. The van der Waals surface area contributed by atoms with Crippen LogP contribution < -0.4 is 15.4 Å². The molecular formula is C22H24N2O2. The third-order valence-corrected chi connectivity index (χ3v) is 4.23. The quantitative estimate of drug-likeness (QED) is 0.627. The van der Waals surface area contributed by atoms with E-state index in [2.05, 4.69) is 29.7 Å². The fourth-order valence-electron chi connectivity index (χ4n) is 2.65. The van der Waals surface area contributed by atoms with Crippen molar-refractivity contribution >= 4 is 28.1 Å². The molecule has 0 heterocycles. The molecule has 1 unspecified atom stereocenters. The van der Waals surface area contributed by atoms with E-state index in [0.29, 0.717) is 0 Å². The van der Waals surface area contributed by atoms with Crippen molar-refractivity contribution in [1.29, 1.82) is 0 Å². The molecule has 0 aliphatic rings. The molecule has 0 aliphatic carbocycles. The van der Waals surface area contributed by atoms with Gasteiger partial charge in [0.15, 0.2) is 0 Å². The third kappa shape index (κ3) is 4.76. The number of carbonyl (C=O) groups is 1. The molecule has 2 N–H and O–H groups in total. The van der Waals surface area contributed by atoms with Gasteiger partial charge in [0.05, 0.1) is 12.6 Å². The normalized spacial score (nSPS) is 11.8. The molecule has 0 radical (unpaired) electrons. The zero-order valence-corrected chi connectivity index (χ0v) is 15.2. The van der Waals surface area contributed by atoms with Crippen molar-refractivity contribution in [3.8, 4) is 5.75 Å². The summed E-state index contributed by atoms with van der Waals surface area (Å²) >= 11 is 0. The molecule has 4 heteroatoms. The van der Waals surface area contributed by atoms with Gasteiger partial charge in [0.1, 0.15) is 5.75 Å². The highest BCUT2D eigenvalue weighted by Gasteiger charge is 2.06. The predicted molar refractivity (Wildman–Crippen MR) is 108 cm³/mol. The van der Waals surface area contributed by atoms with Crippen molar-refractivity contribution in [3.05, 3.63) is 66.7 Å².